The maximum atomic E-state index is 3.66. The molecular weight excluding hydrogens is 520 g/mol. The van der Waals surface area contributed by atoms with Gasteiger partial charge in [0.2, 0.25) is 0 Å². The molecule has 0 atom stereocenters. The number of halogens is 5. The molecular formula is C10H9Br5. The van der Waals surface area contributed by atoms with Crippen LogP contribution in [0.25, 0.3) is 0 Å². The van der Waals surface area contributed by atoms with Crippen LogP contribution in [0.1, 0.15) is 22.3 Å². The van der Waals surface area contributed by atoms with Crippen LogP contribution in [0.2, 0.25) is 0 Å². The number of hydrogen-bond acceptors (Lipinski definition) is 0. The van der Waals surface area contributed by atoms with Crippen LogP contribution in [0.5, 0.6) is 0 Å². The van der Waals surface area contributed by atoms with E-state index in [1.54, 1.807) is 0 Å². The molecule has 0 N–H and O–H groups in total. The van der Waals surface area contributed by atoms with E-state index in [2.05, 4.69) is 86.6 Å². The minimum Gasteiger partial charge on any atom is -0.0876 e. The van der Waals surface area contributed by atoms with Gasteiger partial charge in [-0.05, 0) is 29.2 Å². The first kappa shape index (κ1) is 14.7. The van der Waals surface area contributed by atoms with Crippen LogP contribution >= 0.6 is 79.6 Å². The van der Waals surface area contributed by atoms with E-state index in [1.807, 2.05) is 0 Å². The highest BCUT2D eigenvalue weighted by atomic mass is 79.9. The molecule has 0 radical (unpaired) electrons. The van der Waals surface area contributed by atoms with E-state index in [0.717, 1.165) is 16.0 Å². The van der Waals surface area contributed by atoms with Crippen molar-refractivity contribution < 1.29 is 0 Å². The normalized spacial score (nSPS) is 10.8. The molecule has 1 rings (SSSR count). The summed E-state index contributed by atoms with van der Waals surface area (Å²) in [6.45, 7) is 2.15. The zero-order chi connectivity index (χ0) is 11.6. The van der Waals surface area contributed by atoms with Crippen molar-refractivity contribution in [2.45, 2.75) is 22.9 Å². The lowest BCUT2D eigenvalue weighted by molar-refractivity contribution is 1.16. The fourth-order valence-corrected chi connectivity index (χ4v) is 6.69. The van der Waals surface area contributed by atoms with Gasteiger partial charge < -0.3 is 0 Å². The Morgan fingerprint density at radius 3 is 1.33 bits per heavy atom. The Hall–Kier alpha value is 1.62. The second-order valence-corrected chi connectivity index (χ2v) is 6.36. The summed E-state index contributed by atoms with van der Waals surface area (Å²) in [5.41, 5.74) is 5.24. The van der Waals surface area contributed by atoms with Gasteiger partial charge in [0.15, 0.2) is 0 Å². The minimum atomic E-state index is 0.842. The maximum Gasteiger partial charge on any atom is 0.0305 e. The zero-order valence-corrected chi connectivity index (χ0v) is 15.9. The van der Waals surface area contributed by atoms with Crippen LogP contribution in [0.4, 0.5) is 0 Å². The fraction of sp³-hybridized carbons (Fsp3) is 0.400. The predicted octanol–water partition coefficient (Wildman–Crippen LogP) is 6.20. The lowest BCUT2D eigenvalue weighted by atomic mass is 10.0. The van der Waals surface area contributed by atoms with E-state index in [4.69, 9.17) is 0 Å². The molecule has 0 nitrogen and oxygen atoms in total. The summed E-state index contributed by atoms with van der Waals surface area (Å²) in [6.07, 6.45) is 0. The van der Waals surface area contributed by atoms with Crippen LogP contribution in [0.3, 0.4) is 0 Å². The van der Waals surface area contributed by atoms with Gasteiger partial charge in [0.1, 0.15) is 0 Å². The summed E-state index contributed by atoms with van der Waals surface area (Å²) in [7, 11) is 0. The number of hydrogen-bond donors (Lipinski definition) is 0. The molecule has 0 aliphatic rings. The summed E-state index contributed by atoms with van der Waals surface area (Å²) in [4.78, 5) is 0. The van der Waals surface area contributed by atoms with Crippen molar-refractivity contribution in [1.82, 2.24) is 0 Å². The molecule has 0 saturated heterocycles. The molecule has 0 spiro atoms. The van der Waals surface area contributed by atoms with Crippen LogP contribution in [-0.2, 0) is 16.0 Å². The van der Waals surface area contributed by atoms with Gasteiger partial charge in [0.05, 0.1) is 0 Å². The molecule has 15 heavy (non-hydrogen) atoms. The Morgan fingerprint density at radius 1 is 0.733 bits per heavy atom. The van der Waals surface area contributed by atoms with E-state index < -0.39 is 0 Å². The second-order valence-electron chi connectivity index (χ2n) is 3.09. The largest absolute Gasteiger partial charge is 0.0876 e. The summed E-state index contributed by atoms with van der Waals surface area (Å²) in [5, 5.41) is 2.58. The third-order valence-electron chi connectivity index (χ3n) is 2.37. The average Bonchev–Trinajstić information content (AvgIpc) is 2.19. The average molecular weight is 529 g/mol. The monoisotopic (exact) mass is 524 g/mol. The minimum absolute atomic E-state index is 0.842. The van der Waals surface area contributed by atoms with Crippen LogP contribution in [0, 0.1) is 6.92 Å². The fourth-order valence-electron chi connectivity index (χ4n) is 1.41. The van der Waals surface area contributed by atoms with Gasteiger partial charge in [0.25, 0.3) is 0 Å². The van der Waals surface area contributed by atoms with E-state index in [9.17, 15) is 0 Å². The van der Waals surface area contributed by atoms with Gasteiger partial charge in [-0.25, -0.2) is 0 Å². The highest BCUT2D eigenvalue weighted by Gasteiger charge is 2.16. The van der Waals surface area contributed by atoms with Gasteiger partial charge in [-0.15, -0.1) is 0 Å². The molecule has 0 aromatic heterocycles. The summed E-state index contributed by atoms with van der Waals surface area (Å²) >= 11 is 17.9. The highest BCUT2D eigenvalue weighted by Crippen LogP contribution is 2.38. The quantitative estimate of drug-likeness (QED) is 0.410. The van der Waals surface area contributed by atoms with Crippen molar-refractivity contribution in [2.75, 3.05) is 0 Å². The number of benzene rings is 1. The van der Waals surface area contributed by atoms with Crippen LogP contribution in [-0.4, -0.2) is 0 Å². The zero-order valence-electron chi connectivity index (χ0n) is 8.01. The van der Waals surface area contributed by atoms with E-state index in [-0.39, 0.29) is 0 Å². The third-order valence-corrected chi connectivity index (χ3v) is 5.96. The van der Waals surface area contributed by atoms with E-state index in [0.29, 0.717) is 0 Å². The third kappa shape index (κ3) is 2.90. The Bertz CT molecular complexity index is 294. The molecule has 0 aliphatic carbocycles. The van der Waals surface area contributed by atoms with E-state index >= 15 is 0 Å². The van der Waals surface area contributed by atoms with Crippen molar-refractivity contribution in [2.24, 2.45) is 0 Å². The Labute approximate surface area is 132 Å². The Morgan fingerprint density at radius 2 is 1.07 bits per heavy atom. The molecule has 0 saturated carbocycles. The number of alkyl halides is 3. The first-order chi connectivity index (χ1) is 7.08. The van der Waals surface area contributed by atoms with Gasteiger partial charge in [-0.2, -0.15) is 0 Å². The summed E-state index contributed by atoms with van der Waals surface area (Å²) in [5.74, 6) is 0. The van der Waals surface area contributed by atoms with Crippen LogP contribution in [0.15, 0.2) is 8.95 Å². The molecule has 0 amide bonds. The van der Waals surface area contributed by atoms with Gasteiger partial charge in [0, 0.05) is 24.9 Å². The van der Waals surface area contributed by atoms with Gasteiger partial charge in [-0.3, -0.25) is 0 Å². The SMILES string of the molecule is Cc1c(CBr)c(Br)c(CBr)c(Br)c1CBr. The van der Waals surface area contributed by atoms with Crippen molar-refractivity contribution in [3.05, 3.63) is 31.2 Å². The highest BCUT2D eigenvalue weighted by molar-refractivity contribution is 9.11. The topological polar surface area (TPSA) is 0 Å². The lowest BCUT2D eigenvalue weighted by Gasteiger charge is -2.17. The molecule has 0 aliphatic heterocycles. The van der Waals surface area contributed by atoms with Crippen molar-refractivity contribution in [3.63, 3.8) is 0 Å². The molecule has 0 heterocycles. The molecule has 0 unspecified atom stereocenters. The molecule has 0 fully saturated rings. The van der Waals surface area contributed by atoms with Crippen LogP contribution < -0.4 is 0 Å². The molecule has 1 aromatic rings. The standard InChI is InChI=1S/C10H9Br5/c1-5-6(2-11)9(14)8(4-13)10(15)7(5)3-12/h2-4H2,1H3. The molecule has 84 valence electrons. The van der Waals surface area contributed by atoms with E-state index in [1.165, 1.54) is 31.2 Å². The first-order valence-electron chi connectivity index (χ1n) is 4.24. The molecule has 5 heteroatoms. The molecule has 0 bridgehead atoms. The maximum absolute atomic E-state index is 3.66. The second kappa shape index (κ2) is 6.53. The van der Waals surface area contributed by atoms with Gasteiger partial charge >= 0.3 is 0 Å². The Balaban J connectivity index is 3.57. The van der Waals surface area contributed by atoms with Crippen molar-refractivity contribution >= 4 is 79.6 Å². The summed E-state index contributed by atoms with van der Waals surface area (Å²) < 4.78 is 2.37. The predicted molar refractivity (Wildman–Crippen MR) is 84.5 cm³/mol. The van der Waals surface area contributed by atoms with Crippen molar-refractivity contribution in [1.29, 1.82) is 0 Å². The smallest absolute Gasteiger partial charge is 0.0305 e. The van der Waals surface area contributed by atoms with Gasteiger partial charge in [-0.1, -0.05) is 79.6 Å². The van der Waals surface area contributed by atoms with Crippen molar-refractivity contribution in [3.8, 4) is 0 Å². The number of rotatable bonds is 3. The Kier molecular flexibility index (Phi) is 6.39. The lowest BCUT2D eigenvalue weighted by Crippen LogP contribution is -1.99. The molecule has 1 aromatic carbocycles. The first-order valence-corrected chi connectivity index (χ1v) is 9.19. The summed E-state index contributed by atoms with van der Waals surface area (Å²) in [6, 6.07) is 0.